The summed E-state index contributed by atoms with van der Waals surface area (Å²) in [5.41, 5.74) is 1.65. The van der Waals surface area contributed by atoms with Gasteiger partial charge in [0.15, 0.2) is 0 Å². The molecule has 0 unspecified atom stereocenters. The zero-order valence-corrected chi connectivity index (χ0v) is 14.5. The number of hydrogen-bond donors (Lipinski definition) is 1. The van der Waals surface area contributed by atoms with E-state index in [4.69, 9.17) is 0 Å². The zero-order valence-electron chi connectivity index (χ0n) is 13.7. The topological polar surface area (TPSA) is 50.2 Å². The van der Waals surface area contributed by atoms with Crippen LogP contribution in [0.4, 0.5) is 0 Å². The Bertz CT molecular complexity index is 688. The highest BCUT2D eigenvalue weighted by Gasteiger charge is 2.08. The van der Waals surface area contributed by atoms with E-state index in [1.807, 2.05) is 12.2 Å². The molecule has 0 saturated heterocycles. The van der Waals surface area contributed by atoms with Crippen molar-refractivity contribution in [2.45, 2.75) is 46.0 Å². The van der Waals surface area contributed by atoms with Crippen LogP contribution in [-0.4, -0.2) is 16.1 Å². The molecule has 0 radical (unpaired) electrons. The Morgan fingerprint density at radius 3 is 2.83 bits per heavy atom. The summed E-state index contributed by atoms with van der Waals surface area (Å²) in [5, 5.41) is 9.27. The van der Waals surface area contributed by atoms with Crippen LogP contribution < -0.4 is 0 Å². The molecule has 0 aromatic carbocycles. The number of aromatic carboxylic acids is 1. The van der Waals surface area contributed by atoms with E-state index in [0.717, 1.165) is 11.3 Å². The van der Waals surface area contributed by atoms with Gasteiger partial charge >= 0.3 is 5.97 Å². The number of nitrogens with zero attached hydrogens (tertiary/aromatic N) is 1. The van der Waals surface area contributed by atoms with Gasteiger partial charge in [0.1, 0.15) is 0 Å². The minimum atomic E-state index is -0.919. The summed E-state index contributed by atoms with van der Waals surface area (Å²) in [4.78, 5) is 18.0. The van der Waals surface area contributed by atoms with Crippen LogP contribution in [0.5, 0.6) is 0 Å². The van der Waals surface area contributed by atoms with Gasteiger partial charge in [-0.25, -0.2) is 4.79 Å². The molecular formula is C19H23NO2S. The molecule has 23 heavy (non-hydrogen) atoms. The van der Waals surface area contributed by atoms with Gasteiger partial charge in [-0.15, -0.1) is 11.3 Å². The molecule has 0 bridgehead atoms. The average Bonchev–Trinajstić information content (AvgIpc) is 2.98. The molecule has 2 aromatic heterocycles. The van der Waals surface area contributed by atoms with Crippen molar-refractivity contribution in [1.82, 2.24) is 4.98 Å². The number of thiophene rings is 1. The molecule has 0 fully saturated rings. The summed E-state index contributed by atoms with van der Waals surface area (Å²) in [7, 11) is 0. The lowest BCUT2D eigenvalue weighted by atomic mass is 10.1. The third-order valence-corrected chi connectivity index (χ3v) is 4.80. The van der Waals surface area contributed by atoms with E-state index in [2.05, 4.69) is 24.0 Å². The first-order valence-electron chi connectivity index (χ1n) is 8.07. The second-order valence-corrected chi connectivity index (χ2v) is 6.87. The zero-order chi connectivity index (χ0) is 16.7. The van der Waals surface area contributed by atoms with Gasteiger partial charge in [0, 0.05) is 27.2 Å². The van der Waals surface area contributed by atoms with Crippen molar-refractivity contribution in [1.29, 1.82) is 0 Å². The van der Waals surface area contributed by atoms with E-state index >= 15 is 0 Å². The fraction of sp³-hybridized carbons (Fsp3) is 0.368. The minimum absolute atomic E-state index is 0.296. The van der Waals surface area contributed by atoms with E-state index in [1.165, 1.54) is 30.6 Å². The first-order valence-corrected chi connectivity index (χ1v) is 8.88. The van der Waals surface area contributed by atoms with Crippen LogP contribution in [0.25, 0.3) is 12.2 Å². The molecule has 3 nitrogen and oxygen atoms in total. The van der Waals surface area contributed by atoms with Crippen molar-refractivity contribution in [3.8, 4) is 0 Å². The molecule has 0 atom stereocenters. The standard InChI is InChI=1S/C19H23NO2S/c1-3-4-5-6-7-16-10-11-17(23-16)9-8-15-13-20-14(2)12-18(15)19(21)22/h8-13H,3-7H2,1-2H3,(H,21,22)/b9-8+. The molecule has 2 aromatic rings. The average molecular weight is 329 g/mol. The number of carboxylic acid groups (broad SMARTS) is 1. The van der Waals surface area contributed by atoms with Crippen LogP contribution in [0.2, 0.25) is 0 Å². The summed E-state index contributed by atoms with van der Waals surface area (Å²) in [6, 6.07) is 5.87. The minimum Gasteiger partial charge on any atom is -0.478 e. The molecule has 2 rings (SSSR count). The van der Waals surface area contributed by atoms with Crippen molar-refractivity contribution < 1.29 is 9.90 Å². The van der Waals surface area contributed by atoms with Crippen molar-refractivity contribution in [3.05, 3.63) is 51.0 Å². The van der Waals surface area contributed by atoms with Crippen molar-refractivity contribution >= 4 is 29.5 Å². The van der Waals surface area contributed by atoms with E-state index in [9.17, 15) is 9.90 Å². The first-order chi connectivity index (χ1) is 11.1. The van der Waals surface area contributed by atoms with Gasteiger partial charge in [0.25, 0.3) is 0 Å². The van der Waals surface area contributed by atoms with Crippen molar-refractivity contribution in [2.24, 2.45) is 0 Å². The Balaban J connectivity index is 2.03. The lowest BCUT2D eigenvalue weighted by Gasteiger charge is -2.01. The van der Waals surface area contributed by atoms with Gasteiger partial charge in [-0.3, -0.25) is 4.98 Å². The Hall–Kier alpha value is -1.94. The van der Waals surface area contributed by atoms with Gasteiger partial charge < -0.3 is 5.11 Å². The second-order valence-electron chi connectivity index (χ2n) is 5.67. The highest BCUT2D eigenvalue weighted by atomic mass is 32.1. The summed E-state index contributed by atoms with van der Waals surface area (Å²) in [6.07, 6.45) is 11.6. The fourth-order valence-corrected chi connectivity index (χ4v) is 3.36. The Morgan fingerprint density at radius 2 is 2.09 bits per heavy atom. The smallest absolute Gasteiger partial charge is 0.336 e. The van der Waals surface area contributed by atoms with Crippen LogP contribution in [0.3, 0.4) is 0 Å². The molecule has 2 heterocycles. The van der Waals surface area contributed by atoms with Gasteiger partial charge in [-0.05, 0) is 44.0 Å². The molecule has 0 saturated carbocycles. The van der Waals surface area contributed by atoms with Crippen molar-refractivity contribution in [2.75, 3.05) is 0 Å². The number of unbranched alkanes of at least 4 members (excludes halogenated alkanes) is 3. The predicted molar refractivity (Wildman–Crippen MR) is 97.0 cm³/mol. The largest absolute Gasteiger partial charge is 0.478 e. The monoisotopic (exact) mass is 329 g/mol. The van der Waals surface area contributed by atoms with E-state index in [0.29, 0.717) is 16.8 Å². The molecule has 1 N–H and O–H groups in total. The molecule has 0 amide bonds. The van der Waals surface area contributed by atoms with Gasteiger partial charge in [0.05, 0.1) is 5.56 Å². The molecule has 4 heteroatoms. The molecule has 0 aliphatic carbocycles. The number of rotatable bonds is 8. The van der Waals surface area contributed by atoms with E-state index in [1.54, 1.807) is 30.5 Å². The maximum atomic E-state index is 11.3. The molecule has 122 valence electrons. The quantitative estimate of drug-likeness (QED) is 0.656. The summed E-state index contributed by atoms with van der Waals surface area (Å²) in [6.45, 7) is 4.02. The second kappa shape index (κ2) is 8.63. The highest BCUT2D eigenvalue weighted by Crippen LogP contribution is 2.22. The van der Waals surface area contributed by atoms with E-state index < -0.39 is 5.97 Å². The van der Waals surface area contributed by atoms with Crippen LogP contribution in [-0.2, 0) is 6.42 Å². The lowest BCUT2D eigenvalue weighted by molar-refractivity contribution is 0.0696. The molecule has 0 spiro atoms. The lowest BCUT2D eigenvalue weighted by Crippen LogP contribution is -2.01. The van der Waals surface area contributed by atoms with Crippen LogP contribution >= 0.6 is 11.3 Å². The Morgan fingerprint density at radius 1 is 1.26 bits per heavy atom. The van der Waals surface area contributed by atoms with Crippen molar-refractivity contribution in [3.63, 3.8) is 0 Å². The Labute approximate surface area is 141 Å². The third kappa shape index (κ3) is 5.32. The highest BCUT2D eigenvalue weighted by molar-refractivity contribution is 7.12. The van der Waals surface area contributed by atoms with Crippen LogP contribution in [0, 0.1) is 6.92 Å². The molecular weight excluding hydrogens is 306 g/mol. The Kier molecular flexibility index (Phi) is 6.53. The van der Waals surface area contributed by atoms with Gasteiger partial charge in [0.2, 0.25) is 0 Å². The number of pyridine rings is 1. The van der Waals surface area contributed by atoms with Gasteiger partial charge in [-0.2, -0.15) is 0 Å². The summed E-state index contributed by atoms with van der Waals surface area (Å²) >= 11 is 1.77. The van der Waals surface area contributed by atoms with Crippen LogP contribution in [0.15, 0.2) is 24.4 Å². The third-order valence-electron chi connectivity index (χ3n) is 3.69. The maximum absolute atomic E-state index is 11.3. The number of carboxylic acids is 1. The molecule has 0 aliphatic heterocycles. The van der Waals surface area contributed by atoms with Crippen LogP contribution in [0.1, 0.15) is 64.0 Å². The summed E-state index contributed by atoms with van der Waals surface area (Å²) in [5.74, 6) is -0.919. The SMILES string of the molecule is CCCCCCc1ccc(/C=C/c2cnc(C)cc2C(=O)O)s1. The van der Waals surface area contributed by atoms with E-state index in [-0.39, 0.29) is 0 Å². The summed E-state index contributed by atoms with van der Waals surface area (Å²) < 4.78 is 0. The number of aromatic nitrogens is 1. The number of carbonyl (C=O) groups is 1. The predicted octanol–water partition coefficient (Wildman–Crippen LogP) is 5.44. The number of aryl methyl sites for hydroxylation is 2. The fourth-order valence-electron chi connectivity index (χ4n) is 2.40. The number of hydrogen-bond acceptors (Lipinski definition) is 3. The normalized spacial score (nSPS) is 11.2. The van der Waals surface area contributed by atoms with Gasteiger partial charge in [-0.1, -0.05) is 32.3 Å². The first kappa shape index (κ1) is 17.4. The maximum Gasteiger partial charge on any atom is 0.336 e. The molecule has 0 aliphatic rings.